The Bertz CT molecular complexity index is 463. The second-order valence-corrected chi connectivity index (χ2v) is 4.17. The normalized spacial score (nSPS) is 11.9. The minimum Gasteiger partial charge on any atom is -0.484 e. The molecule has 0 aliphatic heterocycles. The maximum absolute atomic E-state index is 10.8. The molecule has 0 aliphatic carbocycles. The van der Waals surface area contributed by atoms with Crippen LogP contribution >= 0.6 is 11.6 Å². The van der Waals surface area contributed by atoms with E-state index < -0.39 is 17.0 Å². The van der Waals surface area contributed by atoms with E-state index in [2.05, 4.69) is 0 Å². The van der Waals surface area contributed by atoms with Gasteiger partial charge in [0.1, 0.15) is 0 Å². The van der Waals surface area contributed by atoms with E-state index in [1.165, 1.54) is 18.2 Å². The summed E-state index contributed by atoms with van der Waals surface area (Å²) in [5.41, 5.74) is -0.193. The van der Waals surface area contributed by atoms with Gasteiger partial charge in [0.25, 0.3) is 0 Å². The average Bonchev–Trinajstić information content (AvgIpc) is 2.26. The van der Waals surface area contributed by atoms with Crippen LogP contribution in [-0.2, 0) is 4.79 Å². The van der Waals surface area contributed by atoms with Crippen molar-refractivity contribution in [1.29, 1.82) is 0 Å². The third kappa shape index (κ3) is 4.21. The summed E-state index contributed by atoms with van der Waals surface area (Å²) in [7, 11) is 0. The van der Waals surface area contributed by atoms with Gasteiger partial charge in [-0.1, -0.05) is 11.6 Å². The number of ether oxygens (including phenoxy) is 1. The number of benzene rings is 1. The molecule has 98 valence electrons. The Labute approximate surface area is 108 Å². The van der Waals surface area contributed by atoms with Gasteiger partial charge in [0, 0.05) is 23.6 Å². The SMILES string of the molecule is CC(CCC(=O)O)Oc1cc(Cl)ccc1[N+](=O)[O-]. The van der Waals surface area contributed by atoms with Crippen LogP contribution in [0.2, 0.25) is 5.02 Å². The van der Waals surface area contributed by atoms with Gasteiger partial charge < -0.3 is 9.84 Å². The molecule has 1 N–H and O–H groups in total. The molecule has 0 radical (unpaired) electrons. The molecule has 7 heteroatoms. The van der Waals surface area contributed by atoms with Crippen LogP contribution in [0.25, 0.3) is 0 Å². The quantitative estimate of drug-likeness (QED) is 0.636. The highest BCUT2D eigenvalue weighted by atomic mass is 35.5. The Balaban J connectivity index is 2.79. The number of hydrogen-bond acceptors (Lipinski definition) is 4. The number of carboxylic acid groups (broad SMARTS) is 1. The van der Waals surface area contributed by atoms with Crippen LogP contribution in [0.4, 0.5) is 5.69 Å². The molecule has 1 unspecified atom stereocenters. The minimum atomic E-state index is -0.939. The van der Waals surface area contributed by atoms with Gasteiger partial charge in [-0.05, 0) is 19.4 Å². The molecule has 0 spiro atoms. The van der Waals surface area contributed by atoms with Gasteiger partial charge in [-0.3, -0.25) is 14.9 Å². The van der Waals surface area contributed by atoms with Gasteiger partial charge in [0.2, 0.25) is 0 Å². The van der Waals surface area contributed by atoms with Crippen molar-refractivity contribution in [3.8, 4) is 5.75 Å². The lowest BCUT2D eigenvalue weighted by Gasteiger charge is -2.13. The predicted octanol–water partition coefficient (Wildman–Crippen LogP) is 2.88. The van der Waals surface area contributed by atoms with E-state index in [0.29, 0.717) is 5.02 Å². The average molecular weight is 274 g/mol. The molecule has 0 fully saturated rings. The number of rotatable bonds is 6. The molecule has 1 atom stereocenters. The van der Waals surface area contributed by atoms with Crippen molar-refractivity contribution in [3.05, 3.63) is 33.3 Å². The Morgan fingerprint density at radius 1 is 1.61 bits per heavy atom. The first kappa shape index (κ1) is 14.2. The molecule has 18 heavy (non-hydrogen) atoms. The number of carbonyl (C=O) groups is 1. The van der Waals surface area contributed by atoms with E-state index >= 15 is 0 Å². The van der Waals surface area contributed by atoms with E-state index in [-0.39, 0.29) is 24.3 Å². The summed E-state index contributed by atoms with van der Waals surface area (Å²) in [6.45, 7) is 1.65. The van der Waals surface area contributed by atoms with Crippen molar-refractivity contribution in [2.24, 2.45) is 0 Å². The first-order chi connectivity index (χ1) is 8.40. The number of carboxylic acids is 1. The van der Waals surface area contributed by atoms with Crippen LogP contribution < -0.4 is 4.74 Å². The summed E-state index contributed by atoms with van der Waals surface area (Å²) in [5, 5.41) is 19.6. The van der Waals surface area contributed by atoms with E-state index in [1.54, 1.807) is 6.92 Å². The molecule has 1 aromatic carbocycles. The van der Waals surface area contributed by atoms with Crippen LogP contribution in [-0.4, -0.2) is 22.1 Å². The maximum Gasteiger partial charge on any atom is 0.311 e. The summed E-state index contributed by atoms with van der Waals surface area (Å²) in [4.78, 5) is 20.6. The van der Waals surface area contributed by atoms with Crippen molar-refractivity contribution in [1.82, 2.24) is 0 Å². The fourth-order valence-corrected chi connectivity index (χ4v) is 1.50. The van der Waals surface area contributed by atoms with E-state index in [0.717, 1.165) is 0 Å². The largest absolute Gasteiger partial charge is 0.484 e. The summed E-state index contributed by atoms with van der Waals surface area (Å²) >= 11 is 5.74. The predicted molar refractivity (Wildman–Crippen MR) is 65.1 cm³/mol. The van der Waals surface area contributed by atoms with Crippen LogP contribution in [0.1, 0.15) is 19.8 Å². The standard InChI is InChI=1S/C11H12ClNO5/c1-7(2-5-11(14)15)18-10-6-8(12)3-4-9(10)13(16)17/h3-4,6-7H,2,5H2,1H3,(H,14,15). The van der Waals surface area contributed by atoms with Crippen LogP contribution in [0.15, 0.2) is 18.2 Å². The first-order valence-corrected chi connectivity index (χ1v) is 5.60. The Morgan fingerprint density at radius 2 is 2.28 bits per heavy atom. The number of hydrogen-bond donors (Lipinski definition) is 1. The van der Waals surface area contributed by atoms with Crippen LogP contribution in [0, 0.1) is 10.1 Å². The molecule has 0 heterocycles. The van der Waals surface area contributed by atoms with Crippen molar-refractivity contribution < 1.29 is 19.6 Å². The zero-order valence-corrected chi connectivity index (χ0v) is 10.4. The van der Waals surface area contributed by atoms with Gasteiger partial charge >= 0.3 is 11.7 Å². The molecule has 0 bridgehead atoms. The minimum absolute atomic E-state index is 0.0467. The van der Waals surface area contributed by atoms with Crippen molar-refractivity contribution >= 4 is 23.3 Å². The zero-order chi connectivity index (χ0) is 13.7. The van der Waals surface area contributed by atoms with Gasteiger partial charge in [0.05, 0.1) is 11.0 Å². The zero-order valence-electron chi connectivity index (χ0n) is 9.63. The summed E-state index contributed by atoms with van der Waals surface area (Å²) in [5.74, 6) is -0.892. The summed E-state index contributed by atoms with van der Waals surface area (Å²) < 4.78 is 5.35. The second-order valence-electron chi connectivity index (χ2n) is 3.73. The summed E-state index contributed by atoms with van der Waals surface area (Å²) in [6, 6.07) is 3.99. The van der Waals surface area contributed by atoms with Crippen molar-refractivity contribution in [2.45, 2.75) is 25.9 Å². The number of halogens is 1. The van der Waals surface area contributed by atoms with Crippen LogP contribution in [0.5, 0.6) is 5.75 Å². The fourth-order valence-electron chi connectivity index (χ4n) is 1.34. The monoisotopic (exact) mass is 273 g/mol. The molecular weight excluding hydrogens is 262 g/mol. The number of aliphatic carboxylic acids is 1. The van der Waals surface area contributed by atoms with Crippen molar-refractivity contribution in [3.63, 3.8) is 0 Å². The Morgan fingerprint density at radius 3 is 2.83 bits per heavy atom. The molecule has 6 nitrogen and oxygen atoms in total. The fraction of sp³-hybridized carbons (Fsp3) is 0.364. The summed E-state index contributed by atoms with van der Waals surface area (Å²) in [6.07, 6.45) is -0.243. The van der Waals surface area contributed by atoms with Crippen LogP contribution in [0.3, 0.4) is 0 Å². The smallest absolute Gasteiger partial charge is 0.311 e. The van der Waals surface area contributed by atoms with Gasteiger partial charge in [0.15, 0.2) is 5.75 Å². The lowest BCUT2D eigenvalue weighted by atomic mass is 10.2. The van der Waals surface area contributed by atoms with Gasteiger partial charge in [-0.25, -0.2) is 0 Å². The van der Waals surface area contributed by atoms with Gasteiger partial charge in [-0.2, -0.15) is 0 Å². The molecular formula is C11H12ClNO5. The molecule has 0 saturated carbocycles. The van der Waals surface area contributed by atoms with E-state index in [1.807, 2.05) is 0 Å². The number of nitro benzene ring substituents is 1. The molecule has 0 aromatic heterocycles. The third-order valence-corrected chi connectivity index (χ3v) is 2.45. The lowest BCUT2D eigenvalue weighted by Crippen LogP contribution is -2.14. The molecule has 0 aliphatic rings. The molecule has 1 aromatic rings. The highest BCUT2D eigenvalue weighted by molar-refractivity contribution is 6.30. The maximum atomic E-state index is 10.8. The lowest BCUT2D eigenvalue weighted by molar-refractivity contribution is -0.386. The molecule has 1 rings (SSSR count). The first-order valence-electron chi connectivity index (χ1n) is 5.22. The van der Waals surface area contributed by atoms with Gasteiger partial charge in [-0.15, -0.1) is 0 Å². The number of nitro groups is 1. The Kier molecular flexibility index (Phi) is 4.91. The van der Waals surface area contributed by atoms with E-state index in [4.69, 9.17) is 21.4 Å². The Hall–Kier alpha value is -1.82. The number of nitrogens with zero attached hydrogens (tertiary/aromatic N) is 1. The van der Waals surface area contributed by atoms with Crippen molar-refractivity contribution in [2.75, 3.05) is 0 Å². The molecule has 0 amide bonds. The topological polar surface area (TPSA) is 89.7 Å². The third-order valence-electron chi connectivity index (χ3n) is 2.21. The second kappa shape index (κ2) is 6.20. The molecule has 0 saturated heterocycles. The highest BCUT2D eigenvalue weighted by Gasteiger charge is 2.18. The highest BCUT2D eigenvalue weighted by Crippen LogP contribution is 2.31. The van der Waals surface area contributed by atoms with E-state index in [9.17, 15) is 14.9 Å².